The first kappa shape index (κ1) is 38.7. The van der Waals surface area contributed by atoms with Crippen LogP contribution >= 0.6 is 0 Å². The van der Waals surface area contributed by atoms with E-state index in [0.29, 0.717) is 36.2 Å². The maximum atomic E-state index is 13.8. The Hall–Kier alpha value is -4.56. The lowest BCUT2D eigenvalue weighted by Crippen LogP contribution is -2.51. The van der Waals surface area contributed by atoms with Crippen LogP contribution in [0.5, 0.6) is 0 Å². The highest BCUT2D eigenvalue weighted by atomic mass is 16.2. The summed E-state index contributed by atoms with van der Waals surface area (Å²) in [4.78, 5) is 32.2. The summed E-state index contributed by atoms with van der Waals surface area (Å²) in [6.45, 7) is 7.96. The summed E-state index contributed by atoms with van der Waals surface area (Å²) in [7, 11) is 7.45. The second-order valence-corrected chi connectivity index (χ2v) is 15.6. The van der Waals surface area contributed by atoms with Gasteiger partial charge in [-0.2, -0.15) is 5.26 Å². The van der Waals surface area contributed by atoms with Gasteiger partial charge < -0.3 is 25.9 Å². The summed E-state index contributed by atoms with van der Waals surface area (Å²) in [6, 6.07) is 16.1. The summed E-state index contributed by atoms with van der Waals surface area (Å²) < 4.78 is 0. The predicted octanol–water partition coefficient (Wildman–Crippen LogP) is 5.85. The fourth-order valence-electron chi connectivity index (χ4n) is 8.84. The zero-order valence-electron chi connectivity index (χ0n) is 31.9. The first-order valence-electron chi connectivity index (χ1n) is 18.8. The highest BCUT2D eigenvalue weighted by molar-refractivity contribution is 5.97. The van der Waals surface area contributed by atoms with Crippen molar-refractivity contribution in [2.75, 3.05) is 34.7 Å². The molecular formula is C41H57N9O2. The number of amidine groups is 1. The van der Waals surface area contributed by atoms with Crippen LogP contribution < -0.4 is 11.2 Å². The standard InChI is InChI=1S/C36H46N8O2.C5H11N/c1-22-28-18-27(20-37)44(33(22)28)32(45)21-40-31(24-10-5-4-6-11-24)19-36(35(38)41-42-39)29-12-8-7-9-23(29)13-14-25-17-26(15-16-30(25)36)34(46)43(2)3;1-5(2)6(3)4/h7-9,12,15-17,22,24,27-28,31,33,40H,4-6,10-11,13-14,18-19,21H2,1-3H3,(H3,38,39,41);1H2,2-4H3. The Morgan fingerprint density at radius 1 is 1.08 bits per heavy atom. The Labute approximate surface area is 309 Å². The number of amides is 2. The Balaban J connectivity index is 0.000000803. The van der Waals surface area contributed by atoms with Crippen LogP contribution in [-0.4, -0.2) is 85.2 Å². The van der Waals surface area contributed by atoms with Crippen molar-refractivity contribution in [3.8, 4) is 6.07 Å². The molecule has 52 heavy (non-hydrogen) atoms. The topological polar surface area (TPSA) is 154 Å². The SMILES string of the molecule is C=C(C)N(C)C.CC1C2CC(C#N)N(C(=O)CNC(CC3(C(=N)N=NN)c4ccccc4CCc4cc(C(=O)N(C)C)ccc43)C3CCCCC3)C12. The van der Waals surface area contributed by atoms with Gasteiger partial charge in [-0.05, 0) is 97.6 Å². The van der Waals surface area contributed by atoms with Crippen LogP contribution in [0, 0.1) is 34.5 Å². The number of nitriles is 1. The fourth-order valence-corrected chi connectivity index (χ4v) is 8.84. The number of aryl methyl sites for hydroxylation is 2. The number of piperidine rings is 1. The molecule has 0 bridgehead atoms. The number of fused-ring (bicyclic) bond motifs is 3. The lowest BCUT2D eigenvalue weighted by atomic mass is 9.65. The molecule has 0 spiro atoms. The average molecular weight is 708 g/mol. The molecule has 2 aromatic rings. The average Bonchev–Trinajstić information content (AvgIpc) is 3.62. The molecule has 2 aromatic carbocycles. The van der Waals surface area contributed by atoms with Gasteiger partial charge in [0.1, 0.15) is 6.04 Å². The highest BCUT2D eigenvalue weighted by Gasteiger charge is 2.60. The number of nitrogens with zero attached hydrogens (tertiary/aromatic N) is 6. The molecule has 1 heterocycles. The van der Waals surface area contributed by atoms with E-state index >= 15 is 0 Å². The van der Waals surface area contributed by atoms with Crippen molar-refractivity contribution >= 4 is 17.6 Å². The van der Waals surface area contributed by atoms with Gasteiger partial charge in [0.2, 0.25) is 5.91 Å². The van der Waals surface area contributed by atoms with E-state index in [-0.39, 0.29) is 42.3 Å². The molecule has 4 N–H and O–H groups in total. The fraction of sp³-hybridized carbons (Fsp3) is 0.561. The molecule has 6 atom stereocenters. The molecule has 6 unspecified atom stereocenters. The molecule has 6 rings (SSSR count). The van der Waals surface area contributed by atoms with Gasteiger partial charge in [-0.15, -0.1) is 5.11 Å². The molecule has 2 saturated carbocycles. The van der Waals surface area contributed by atoms with Crippen LogP contribution in [0.2, 0.25) is 0 Å². The lowest BCUT2D eigenvalue weighted by molar-refractivity contribution is -0.131. The van der Waals surface area contributed by atoms with E-state index in [2.05, 4.69) is 47.4 Å². The second kappa shape index (κ2) is 16.4. The van der Waals surface area contributed by atoms with Crippen LogP contribution in [0.1, 0.15) is 91.4 Å². The van der Waals surface area contributed by atoms with Gasteiger partial charge in [-0.25, -0.2) is 0 Å². The van der Waals surface area contributed by atoms with Crippen molar-refractivity contribution in [1.82, 2.24) is 20.0 Å². The molecule has 11 heteroatoms. The van der Waals surface area contributed by atoms with Gasteiger partial charge in [0.05, 0.1) is 18.0 Å². The number of carbonyl (C=O) groups excluding carboxylic acids is 2. The molecule has 11 nitrogen and oxygen atoms in total. The van der Waals surface area contributed by atoms with Gasteiger partial charge in [-0.3, -0.25) is 15.0 Å². The Kier molecular flexibility index (Phi) is 12.2. The van der Waals surface area contributed by atoms with Crippen LogP contribution in [0.25, 0.3) is 0 Å². The van der Waals surface area contributed by atoms with Gasteiger partial charge in [0.15, 0.2) is 5.84 Å². The predicted molar refractivity (Wildman–Crippen MR) is 205 cm³/mol. The quantitative estimate of drug-likeness (QED) is 0.0978. The minimum Gasteiger partial charge on any atom is -0.382 e. The number of hydrogen-bond acceptors (Lipinski definition) is 7. The summed E-state index contributed by atoms with van der Waals surface area (Å²) in [6.07, 6.45) is 8.21. The van der Waals surface area contributed by atoms with Gasteiger partial charge in [0.25, 0.3) is 5.91 Å². The van der Waals surface area contributed by atoms with E-state index in [4.69, 9.17) is 5.84 Å². The minimum absolute atomic E-state index is 0.0245. The Morgan fingerprint density at radius 2 is 1.73 bits per heavy atom. The van der Waals surface area contributed by atoms with Crippen molar-refractivity contribution < 1.29 is 9.59 Å². The molecule has 3 aliphatic carbocycles. The van der Waals surface area contributed by atoms with E-state index in [1.54, 1.807) is 19.0 Å². The zero-order chi connectivity index (χ0) is 37.7. The van der Waals surface area contributed by atoms with Crippen molar-refractivity contribution in [3.63, 3.8) is 0 Å². The molecule has 3 fully saturated rings. The summed E-state index contributed by atoms with van der Waals surface area (Å²) in [5.74, 6) is 6.76. The highest BCUT2D eigenvalue weighted by Crippen LogP contribution is 2.53. The minimum atomic E-state index is -1.01. The number of allylic oxidation sites excluding steroid dienone is 1. The number of benzene rings is 2. The van der Waals surface area contributed by atoms with Crippen molar-refractivity contribution in [2.24, 2.45) is 33.9 Å². The van der Waals surface area contributed by atoms with Crippen molar-refractivity contribution in [3.05, 3.63) is 82.6 Å². The molecule has 0 aromatic heterocycles. The van der Waals surface area contributed by atoms with Crippen LogP contribution in [-0.2, 0) is 23.1 Å². The summed E-state index contributed by atoms with van der Waals surface area (Å²) >= 11 is 0. The molecular weight excluding hydrogens is 651 g/mol. The smallest absolute Gasteiger partial charge is 0.253 e. The summed E-state index contributed by atoms with van der Waals surface area (Å²) in [5.41, 5.74) is 4.73. The molecule has 2 amide bonds. The number of nitrogens with one attached hydrogen (secondary N) is 2. The third kappa shape index (κ3) is 7.77. The Bertz CT molecular complexity index is 1720. The monoisotopic (exact) mass is 707 g/mol. The summed E-state index contributed by atoms with van der Waals surface area (Å²) in [5, 5.41) is 30.8. The van der Waals surface area contributed by atoms with Crippen molar-refractivity contribution in [1.29, 1.82) is 10.7 Å². The van der Waals surface area contributed by atoms with E-state index < -0.39 is 5.41 Å². The maximum absolute atomic E-state index is 13.8. The number of nitrogens with two attached hydrogens (primary N) is 1. The zero-order valence-corrected chi connectivity index (χ0v) is 31.9. The largest absolute Gasteiger partial charge is 0.382 e. The van der Waals surface area contributed by atoms with E-state index in [9.17, 15) is 20.3 Å². The Morgan fingerprint density at radius 3 is 2.37 bits per heavy atom. The van der Waals surface area contributed by atoms with Crippen LogP contribution in [0.4, 0.5) is 0 Å². The number of hydrogen-bond donors (Lipinski definition) is 3. The van der Waals surface area contributed by atoms with E-state index in [0.717, 1.165) is 66.5 Å². The molecule has 1 aliphatic heterocycles. The molecule has 278 valence electrons. The van der Waals surface area contributed by atoms with Gasteiger partial charge >= 0.3 is 0 Å². The number of rotatable bonds is 9. The van der Waals surface area contributed by atoms with Gasteiger partial charge in [-0.1, -0.05) is 68.3 Å². The molecule has 0 radical (unpaired) electrons. The van der Waals surface area contributed by atoms with E-state index in [1.807, 2.05) is 61.2 Å². The van der Waals surface area contributed by atoms with Crippen LogP contribution in [0.15, 0.2) is 65.1 Å². The first-order valence-corrected chi connectivity index (χ1v) is 18.8. The second-order valence-electron chi connectivity index (χ2n) is 15.6. The molecule has 1 saturated heterocycles. The third-order valence-corrected chi connectivity index (χ3v) is 12.0. The number of carbonyl (C=O) groups is 2. The normalized spacial score (nSPS) is 25.3. The third-order valence-electron chi connectivity index (χ3n) is 12.0. The number of likely N-dealkylation sites (tertiary alicyclic amines) is 1. The van der Waals surface area contributed by atoms with Gasteiger partial charge in [0, 0.05) is 51.5 Å². The first-order chi connectivity index (χ1) is 24.8. The maximum Gasteiger partial charge on any atom is 0.253 e. The lowest BCUT2D eigenvalue weighted by Gasteiger charge is -2.41. The van der Waals surface area contributed by atoms with Crippen LogP contribution in [0.3, 0.4) is 0 Å². The molecule has 4 aliphatic rings. The van der Waals surface area contributed by atoms with E-state index in [1.165, 1.54) is 6.42 Å². The van der Waals surface area contributed by atoms with Crippen molar-refractivity contribution in [2.45, 2.75) is 95.2 Å².